The van der Waals surface area contributed by atoms with Gasteiger partial charge in [0.1, 0.15) is 5.69 Å². The second-order valence-electron chi connectivity index (χ2n) is 5.80. The number of aromatic nitrogens is 2. The van der Waals surface area contributed by atoms with Gasteiger partial charge in [-0.2, -0.15) is 0 Å². The number of H-pyrrole nitrogens is 1. The summed E-state index contributed by atoms with van der Waals surface area (Å²) < 4.78 is 0. The van der Waals surface area contributed by atoms with Gasteiger partial charge < -0.3 is 10.3 Å². The fourth-order valence-electron chi connectivity index (χ4n) is 2.99. The van der Waals surface area contributed by atoms with Crippen LogP contribution in [0.15, 0.2) is 29.1 Å². The number of likely N-dealkylation sites (tertiary alicyclic amines) is 1. The first-order valence-corrected chi connectivity index (χ1v) is 7.59. The van der Waals surface area contributed by atoms with Gasteiger partial charge >= 0.3 is 0 Å². The number of benzene rings is 1. The van der Waals surface area contributed by atoms with Crippen molar-refractivity contribution in [2.75, 3.05) is 13.1 Å². The molecule has 3 rings (SSSR count). The van der Waals surface area contributed by atoms with Gasteiger partial charge in [0.2, 0.25) is 5.91 Å². The number of carbonyl (C=O) groups is 1. The number of carbonyl (C=O) groups excluding carboxylic acids is 1. The minimum atomic E-state index is -0.139. The average molecular weight is 300 g/mol. The van der Waals surface area contributed by atoms with Crippen LogP contribution in [-0.2, 0) is 11.3 Å². The van der Waals surface area contributed by atoms with Crippen molar-refractivity contribution in [1.82, 2.24) is 20.2 Å². The third-order valence-electron chi connectivity index (χ3n) is 3.96. The van der Waals surface area contributed by atoms with E-state index in [4.69, 9.17) is 0 Å². The van der Waals surface area contributed by atoms with Crippen molar-refractivity contribution in [3.05, 3.63) is 40.3 Å². The van der Waals surface area contributed by atoms with Gasteiger partial charge in [0.15, 0.2) is 0 Å². The first-order chi connectivity index (χ1) is 10.6. The first-order valence-electron chi connectivity index (χ1n) is 7.59. The molecule has 116 valence electrons. The molecule has 1 aromatic carbocycles. The summed E-state index contributed by atoms with van der Waals surface area (Å²) in [5, 5.41) is 2.95. The highest BCUT2D eigenvalue weighted by molar-refractivity contribution is 5.73. The van der Waals surface area contributed by atoms with E-state index in [0.29, 0.717) is 12.2 Å². The maximum Gasteiger partial charge on any atom is 0.271 e. The number of hydrogen-bond donors (Lipinski definition) is 2. The van der Waals surface area contributed by atoms with Crippen molar-refractivity contribution in [2.24, 2.45) is 0 Å². The van der Waals surface area contributed by atoms with Crippen molar-refractivity contribution in [1.29, 1.82) is 0 Å². The number of hydrogen-bond acceptors (Lipinski definition) is 4. The topological polar surface area (TPSA) is 78.1 Å². The van der Waals surface area contributed by atoms with Crippen LogP contribution in [0, 0.1) is 0 Å². The van der Waals surface area contributed by atoms with E-state index in [-0.39, 0.29) is 17.5 Å². The van der Waals surface area contributed by atoms with Crippen LogP contribution in [-0.4, -0.2) is 39.9 Å². The smallest absolute Gasteiger partial charge is 0.271 e. The standard InChI is InChI=1S/C16H20N4O2/c1-11(21)17-12-5-4-8-20(9-12)10-15-16(22)19-14-7-3-2-6-13(14)18-15/h2-3,6-7,12H,4-5,8-10H2,1H3,(H,17,21)(H,19,22). The number of nitrogens with zero attached hydrogens (tertiary/aromatic N) is 2. The number of fused-ring (bicyclic) bond motifs is 1. The summed E-state index contributed by atoms with van der Waals surface area (Å²) in [6, 6.07) is 7.69. The number of amides is 1. The molecule has 1 aromatic heterocycles. The van der Waals surface area contributed by atoms with Crippen LogP contribution in [0.3, 0.4) is 0 Å². The van der Waals surface area contributed by atoms with Gasteiger partial charge in [-0.25, -0.2) is 4.98 Å². The maximum atomic E-state index is 12.2. The van der Waals surface area contributed by atoms with Crippen molar-refractivity contribution in [2.45, 2.75) is 32.4 Å². The third-order valence-corrected chi connectivity index (χ3v) is 3.96. The monoisotopic (exact) mass is 300 g/mol. The molecule has 1 fully saturated rings. The SMILES string of the molecule is CC(=O)NC1CCCN(Cc2nc3ccccc3[nH]c2=O)C1. The highest BCUT2D eigenvalue weighted by atomic mass is 16.1. The minimum Gasteiger partial charge on any atom is -0.352 e. The lowest BCUT2D eigenvalue weighted by atomic mass is 10.1. The molecular weight excluding hydrogens is 280 g/mol. The number of piperidine rings is 1. The Morgan fingerprint density at radius 1 is 1.45 bits per heavy atom. The molecule has 0 bridgehead atoms. The second-order valence-corrected chi connectivity index (χ2v) is 5.80. The molecule has 6 heteroatoms. The summed E-state index contributed by atoms with van der Waals surface area (Å²) in [6.45, 7) is 3.72. The number of aromatic amines is 1. The molecule has 22 heavy (non-hydrogen) atoms. The zero-order valence-corrected chi connectivity index (χ0v) is 12.6. The average Bonchev–Trinajstić information content (AvgIpc) is 2.48. The van der Waals surface area contributed by atoms with E-state index in [2.05, 4.69) is 20.2 Å². The van der Waals surface area contributed by atoms with Crippen molar-refractivity contribution in [3.8, 4) is 0 Å². The van der Waals surface area contributed by atoms with Gasteiger partial charge in [0.25, 0.3) is 5.56 Å². The van der Waals surface area contributed by atoms with Crippen LogP contribution in [0.4, 0.5) is 0 Å². The van der Waals surface area contributed by atoms with E-state index in [1.165, 1.54) is 6.92 Å². The summed E-state index contributed by atoms with van der Waals surface area (Å²) in [4.78, 5) is 32.9. The third kappa shape index (κ3) is 3.33. The summed E-state index contributed by atoms with van der Waals surface area (Å²) in [5.74, 6) is -0.00599. The molecule has 0 spiro atoms. The van der Waals surface area contributed by atoms with Gasteiger partial charge in [-0.1, -0.05) is 12.1 Å². The molecule has 1 aliphatic heterocycles. The molecule has 0 aliphatic carbocycles. The number of rotatable bonds is 3. The molecule has 1 saturated heterocycles. The van der Waals surface area contributed by atoms with Gasteiger partial charge in [-0.3, -0.25) is 14.5 Å². The van der Waals surface area contributed by atoms with E-state index in [9.17, 15) is 9.59 Å². The molecular formula is C16H20N4O2. The molecule has 2 heterocycles. The summed E-state index contributed by atoms with van der Waals surface area (Å²) in [7, 11) is 0. The van der Waals surface area contributed by atoms with Gasteiger partial charge in [-0.15, -0.1) is 0 Å². The second kappa shape index (κ2) is 6.27. The van der Waals surface area contributed by atoms with Crippen LogP contribution in [0.1, 0.15) is 25.5 Å². The molecule has 2 aromatic rings. The van der Waals surface area contributed by atoms with Crippen LogP contribution in [0.5, 0.6) is 0 Å². The molecule has 1 aliphatic rings. The van der Waals surface area contributed by atoms with Crippen LogP contribution in [0.2, 0.25) is 0 Å². The Kier molecular flexibility index (Phi) is 4.20. The van der Waals surface area contributed by atoms with Crippen molar-refractivity contribution in [3.63, 3.8) is 0 Å². The van der Waals surface area contributed by atoms with Crippen LogP contribution < -0.4 is 10.9 Å². The highest BCUT2D eigenvalue weighted by Crippen LogP contribution is 2.13. The Morgan fingerprint density at radius 2 is 2.27 bits per heavy atom. The molecule has 1 unspecified atom stereocenters. The molecule has 1 amide bonds. The Bertz CT molecular complexity index is 740. The normalized spacial score (nSPS) is 19.2. The Morgan fingerprint density at radius 3 is 3.09 bits per heavy atom. The van der Waals surface area contributed by atoms with E-state index < -0.39 is 0 Å². The van der Waals surface area contributed by atoms with E-state index >= 15 is 0 Å². The first kappa shape index (κ1) is 14.7. The lowest BCUT2D eigenvalue weighted by molar-refractivity contribution is -0.120. The lowest BCUT2D eigenvalue weighted by Crippen LogP contribution is -2.47. The zero-order chi connectivity index (χ0) is 15.5. The van der Waals surface area contributed by atoms with Gasteiger partial charge in [0.05, 0.1) is 11.0 Å². The lowest BCUT2D eigenvalue weighted by Gasteiger charge is -2.32. The van der Waals surface area contributed by atoms with E-state index in [1.54, 1.807) is 0 Å². The van der Waals surface area contributed by atoms with Crippen molar-refractivity contribution >= 4 is 16.9 Å². The maximum absolute atomic E-state index is 12.2. The Balaban J connectivity index is 1.76. The quantitative estimate of drug-likeness (QED) is 0.887. The summed E-state index contributed by atoms with van der Waals surface area (Å²) in [6.07, 6.45) is 1.99. The zero-order valence-electron chi connectivity index (χ0n) is 12.6. The van der Waals surface area contributed by atoms with E-state index in [0.717, 1.165) is 37.0 Å². The summed E-state index contributed by atoms with van der Waals surface area (Å²) in [5.41, 5.74) is 1.95. The molecule has 1 atom stereocenters. The predicted octanol–water partition coefficient (Wildman–Crippen LogP) is 1.02. The molecule has 6 nitrogen and oxygen atoms in total. The molecule has 2 N–H and O–H groups in total. The van der Waals surface area contributed by atoms with Crippen molar-refractivity contribution < 1.29 is 4.79 Å². The highest BCUT2D eigenvalue weighted by Gasteiger charge is 2.21. The fraction of sp³-hybridized carbons (Fsp3) is 0.438. The van der Waals surface area contributed by atoms with Gasteiger partial charge in [-0.05, 0) is 31.5 Å². The summed E-state index contributed by atoms with van der Waals surface area (Å²) >= 11 is 0. The Labute approximate surface area is 128 Å². The molecule has 0 radical (unpaired) electrons. The minimum absolute atomic E-state index is 0.00599. The Hall–Kier alpha value is -2.21. The number of para-hydroxylation sites is 2. The largest absolute Gasteiger partial charge is 0.352 e. The van der Waals surface area contributed by atoms with E-state index in [1.807, 2.05) is 24.3 Å². The van der Waals surface area contributed by atoms with Crippen LogP contribution in [0.25, 0.3) is 11.0 Å². The fourth-order valence-corrected chi connectivity index (χ4v) is 2.99. The molecule has 0 saturated carbocycles. The van der Waals surface area contributed by atoms with Gasteiger partial charge in [0, 0.05) is 26.1 Å². The number of nitrogens with one attached hydrogen (secondary N) is 2. The predicted molar refractivity (Wildman–Crippen MR) is 84.5 cm³/mol. The van der Waals surface area contributed by atoms with Crippen LogP contribution >= 0.6 is 0 Å².